The summed E-state index contributed by atoms with van der Waals surface area (Å²) in [7, 11) is 5.50. The van der Waals surface area contributed by atoms with Crippen molar-refractivity contribution in [2.45, 2.75) is 190 Å². The molecule has 0 aromatic heterocycles. The molecule has 0 heterocycles. The summed E-state index contributed by atoms with van der Waals surface area (Å²) in [4.78, 5) is 32.2. The molecule has 0 bridgehead atoms. The highest BCUT2D eigenvalue weighted by Crippen LogP contribution is 2.50. The number of ether oxygens (including phenoxy) is 2. The summed E-state index contributed by atoms with van der Waals surface area (Å²) in [5.74, 6) is 3.33. The van der Waals surface area contributed by atoms with Gasteiger partial charge in [-0.05, 0) is 76.5 Å². The molecule has 8 nitrogen and oxygen atoms in total. The Balaban J connectivity index is -0.00000101. The van der Waals surface area contributed by atoms with Gasteiger partial charge in [-0.3, -0.25) is 19.7 Å². The van der Waals surface area contributed by atoms with Crippen molar-refractivity contribution < 1.29 is 23.9 Å². The van der Waals surface area contributed by atoms with Crippen molar-refractivity contribution in [3.05, 3.63) is 24.4 Å². The van der Waals surface area contributed by atoms with E-state index >= 15 is 0 Å². The third-order valence-corrected chi connectivity index (χ3v) is 12.4. The molecule has 2 fully saturated rings. The minimum absolute atomic E-state index is 0.132. The van der Waals surface area contributed by atoms with Crippen molar-refractivity contribution in [3.63, 3.8) is 0 Å². The van der Waals surface area contributed by atoms with Crippen molar-refractivity contribution in [2.75, 3.05) is 26.0 Å². The lowest BCUT2D eigenvalue weighted by Crippen LogP contribution is -2.34. The molecule has 10 heteroatoms. The fraction of sp³-hybridized carbons (Fsp3) is 0.837. The zero-order chi connectivity index (χ0) is 41.1. The first-order valence-corrected chi connectivity index (χ1v) is 23.3. The van der Waals surface area contributed by atoms with Crippen LogP contribution in [0.2, 0.25) is 0 Å². The number of nitrogens with one attached hydrogen (secondary N) is 3. The SMILES string of the molecule is C=C1CC(C)CC(CC)(SSCCC(=O)NCCCOC(CC)C(CCCC)OC(C)C)C1.CC.CC.CC(C)C1CCC1.CN/C=C\C(=O)NC=O. The number of rotatable bonds is 22. The zero-order valence-corrected chi connectivity index (χ0v) is 38.2. The van der Waals surface area contributed by atoms with E-state index in [0.29, 0.717) is 30.7 Å². The average molecular weight is 788 g/mol. The Bertz CT molecular complexity index is 930. The Hall–Kier alpha value is -1.49. The van der Waals surface area contributed by atoms with Crippen molar-refractivity contribution in [1.82, 2.24) is 16.0 Å². The van der Waals surface area contributed by atoms with Gasteiger partial charge in [0.25, 0.3) is 5.91 Å². The van der Waals surface area contributed by atoms with Crippen molar-refractivity contribution in [2.24, 2.45) is 17.8 Å². The predicted molar refractivity (Wildman–Crippen MR) is 234 cm³/mol. The number of unbranched alkanes of at least 4 members (excludes halogenated alkanes) is 1. The van der Waals surface area contributed by atoms with Crippen LogP contribution in [0.15, 0.2) is 24.4 Å². The van der Waals surface area contributed by atoms with Crippen LogP contribution < -0.4 is 16.0 Å². The van der Waals surface area contributed by atoms with E-state index < -0.39 is 5.91 Å². The first-order chi connectivity index (χ1) is 25.4. The van der Waals surface area contributed by atoms with Gasteiger partial charge in [-0.25, -0.2) is 0 Å². The van der Waals surface area contributed by atoms with Crippen molar-refractivity contribution in [3.8, 4) is 0 Å². The van der Waals surface area contributed by atoms with E-state index in [4.69, 9.17) is 9.47 Å². The lowest BCUT2D eigenvalue weighted by Gasteiger charge is -2.39. The van der Waals surface area contributed by atoms with Crippen LogP contribution in [-0.2, 0) is 23.9 Å². The number of amides is 3. The lowest BCUT2D eigenvalue weighted by atomic mass is 9.78. The van der Waals surface area contributed by atoms with E-state index in [1.807, 2.05) is 54.6 Å². The second kappa shape index (κ2) is 37.4. The van der Waals surface area contributed by atoms with E-state index in [9.17, 15) is 14.4 Å². The Morgan fingerprint density at radius 2 is 1.70 bits per heavy atom. The molecule has 4 unspecified atom stereocenters. The van der Waals surface area contributed by atoms with E-state index in [-0.39, 0.29) is 24.2 Å². The largest absolute Gasteiger partial charge is 0.394 e. The number of carbonyl (C=O) groups excluding carboxylic acids is 3. The molecular weight excluding hydrogens is 703 g/mol. The predicted octanol–water partition coefficient (Wildman–Crippen LogP) is 11.1. The quantitative estimate of drug-likeness (QED) is 0.0327. The monoisotopic (exact) mass is 788 g/mol. The normalized spacial score (nSPS) is 19.1. The highest BCUT2D eigenvalue weighted by Gasteiger charge is 2.35. The van der Waals surface area contributed by atoms with E-state index in [0.717, 1.165) is 55.6 Å². The minimum Gasteiger partial charge on any atom is -0.394 e. The van der Waals surface area contributed by atoms with Crippen LogP contribution in [-0.4, -0.2) is 67.2 Å². The molecule has 0 saturated heterocycles. The van der Waals surface area contributed by atoms with Crippen LogP contribution in [0.1, 0.15) is 167 Å². The molecule has 2 saturated carbocycles. The van der Waals surface area contributed by atoms with Gasteiger partial charge in [-0.1, -0.05) is 135 Å². The molecule has 2 aliphatic carbocycles. The average Bonchev–Trinajstić information content (AvgIpc) is 3.10. The van der Waals surface area contributed by atoms with Crippen molar-refractivity contribution in [1.29, 1.82) is 0 Å². The van der Waals surface area contributed by atoms with Gasteiger partial charge in [0.15, 0.2) is 0 Å². The maximum atomic E-state index is 12.2. The second-order valence-electron chi connectivity index (χ2n) is 14.2. The van der Waals surface area contributed by atoms with Gasteiger partial charge in [-0.15, -0.1) is 0 Å². The maximum Gasteiger partial charge on any atom is 0.251 e. The molecule has 53 heavy (non-hydrogen) atoms. The summed E-state index contributed by atoms with van der Waals surface area (Å²) in [6.07, 6.45) is 18.4. The Morgan fingerprint density at radius 1 is 1.04 bits per heavy atom. The molecule has 2 rings (SSSR count). The lowest BCUT2D eigenvalue weighted by molar-refractivity contribution is -0.122. The van der Waals surface area contributed by atoms with Gasteiger partial charge in [0.2, 0.25) is 12.3 Å². The number of hydrogen-bond acceptors (Lipinski definition) is 8. The molecule has 3 amide bonds. The molecular formula is C43H85N3O5S2. The van der Waals surface area contributed by atoms with Gasteiger partial charge in [0, 0.05) is 49.4 Å². The first-order valence-electron chi connectivity index (χ1n) is 21.0. The van der Waals surface area contributed by atoms with Crippen molar-refractivity contribution >= 4 is 39.8 Å². The summed E-state index contributed by atoms with van der Waals surface area (Å²) in [5.41, 5.74) is 1.39. The number of allylic oxidation sites excluding steroid dienone is 1. The molecule has 0 aromatic carbocycles. The van der Waals surface area contributed by atoms with Crippen LogP contribution in [0.5, 0.6) is 0 Å². The van der Waals surface area contributed by atoms with Crippen LogP contribution in [0.25, 0.3) is 0 Å². The van der Waals surface area contributed by atoms with Crippen LogP contribution in [0, 0.1) is 17.8 Å². The highest BCUT2D eigenvalue weighted by atomic mass is 33.1. The first kappa shape index (κ1) is 55.8. The smallest absolute Gasteiger partial charge is 0.251 e. The van der Waals surface area contributed by atoms with Crippen LogP contribution >= 0.6 is 21.6 Å². The zero-order valence-electron chi connectivity index (χ0n) is 36.6. The molecule has 0 spiro atoms. The molecule has 3 N–H and O–H groups in total. The summed E-state index contributed by atoms with van der Waals surface area (Å²) < 4.78 is 12.6. The second-order valence-corrected chi connectivity index (χ2v) is 17.1. The van der Waals surface area contributed by atoms with Gasteiger partial charge >= 0.3 is 0 Å². The van der Waals surface area contributed by atoms with E-state index in [1.165, 1.54) is 62.8 Å². The van der Waals surface area contributed by atoms with E-state index in [2.05, 4.69) is 72.6 Å². The summed E-state index contributed by atoms with van der Waals surface area (Å²) in [5, 5.41) is 7.59. The minimum atomic E-state index is -0.431. The number of carbonyl (C=O) groups is 3. The maximum absolute atomic E-state index is 12.2. The Kier molecular flexibility index (Phi) is 39.4. The van der Waals surface area contributed by atoms with Crippen LogP contribution in [0.3, 0.4) is 0 Å². The molecule has 0 aliphatic heterocycles. The van der Waals surface area contributed by atoms with Gasteiger partial charge in [0.1, 0.15) is 0 Å². The fourth-order valence-electron chi connectivity index (χ4n) is 6.07. The Labute approximate surface area is 336 Å². The van der Waals surface area contributed by atoms with Crippen LogP contribution in [0.4, 0.5) is 0 Å². The van der Waals surface area contributed by atoms with Gasteiger partial charge in [0.05, 0.1) is 18.3 Å². The molecule has 2 aliphatic rings. The summed E-state index contributed by atoms with van der Waals surface area (Å²) >= 11 is 0. The highest BCUT2D eigenvalue weighted by molar-refractivity contribution is 8.77. The molecule has 314 valence electrons. The topological polar surface area (TPSA) is 106 Å². The third kappa shape index (κ3) is 30.4. The summed E-state index contributed by atoms with van der Waals surface area (Å²) in [6.45, 7) is 31.4. The molecule has 0 aromatic rings. The van der Waals surface area contributed by atoms with Gasteiger partial charge in [-0.2, -0.15) is 0 Å². The number of imide groups is 1. The Morgan fingerprint density at radius 3 is 2.15 bits per heavy atom. The fourth-order valence-corrected chi connectivity index (χ4v) is 9.39. The summed E-state index contributed by atoms with van der Waals surface area (Å²) in [6, 6.07) is 0. The molecule has 0 radical (unpaired) electrons. The molecule has 4 atom stereocenters. The standard InChI is InChI=1S/C27H51NO3S2.C7H14.C5H8N2O2.2C2H6/c1-8-11-13-25(31-21(4)5)24(9-2)30-16-12-15-28-26(29)14-17-32-33-27(10-3)19-22(6)18-23(7)20-27;1-6(2)7-4-3-5-7;1-6-3-2-5(9)7-4-8;2*1-2/h21,23-25H,6,8-20H2,1-5,7H3,(H,28,29);6-7H,3-5H2,1-2H3;2-4,6H,1H3,(H,7,8,9);2*1-2H3/b;;3-2-;;. The van der Waals surface area contributed by atoms with Gasteiger partial charge < -0.3 is 20.1 Å². The number of hydrogen-bond donors (Lipinski definition) is 3. The third-order valence-electron chi connectivity index (χ3n) is 9.00. The van der Waals surface area contributed by atoms with E-state index in [1.54, 1.807) is 7.05 Å².